The van der Waals surface area contributed by atoms with Crippen molar-refractivity contribution in [2.75, 3.05) is 56.0 Å². The van der Waals surface area contributed by atoms with E-state index in [2.05, 4.69) is 122 Å². The predicted molar refractivity (Wildman–Crippen MR) is 145 cm³/mol. The van der Waals surface area contributed by atoms with E-state index in [0.717, 1.165) is 6.42 Å². The van der Waals surface area contributed by atoms with Crippen molar-refractivity contribution in [2.45, 2.75) is 25.7 Å². The Morgan fingerprint density at radius 1 is 0.667 bits per heavy atom. The van der Waals surface area contributed by atoms with Crippen LogP contribution in [0.3, 0.4) is 0 Å². The zero-order chi connectivity index (χ0) is 23.2. The lowest BCUT2D eigenvalue weighted by molar-refractivity contribution is 0.578. The van der Waals surface area contributed by atoms with Crippen LogP contribution in [0.5, 0.6) is 0 Å². The molecular formula is C30H37N3. The van der Waals surface area contributed by atoms with Crippen molar-refractivity contribution < 1.29 is 0 Å². The minimum atomic E-state index is 0.917. The molecule has 0 spiro atoms. The molecule has 0 bridgehead atoms. The van der Waals surface area contributed by atoms with Crippen molar-refractivity contribution in [3.8, 4) is 0 Å². The largest absolute Gasteiger partial charge is 0.378 e. The van der Waals surface area contributed by atoms with Crippen LogP contribution in [0.25, 0.3) is 5.57 Å². The smallest absolute Gasteiger partial charge is 0.0366 e. The summed E-state index contributed by atoms with van der Waals surface area (Å²) in [5.41, 5.74) is 8.94. The van der Waals surface area contributed by atoms with E-state index in [-0.39, 0.29) is 0 Å². The quantitative estimate of drug-likeness (QED) is 0.417. The highest BCUT2D eigenvalue weighted by Gasteiger charge is 2.11. The van der Waals surface area contributed by atoms with E-state index in [9.17, 15) is 0 Å². The second-order valence-corrected chi connectivity index (χ2v) is 9.42. The van der Waals surface area contributed by atoms with Gasteiger partial charge in [0, 0.05) is 58.3 Å². The molecule has 0 aliphatic carbocycles. The molecule has 1 saturated heterocycles. The van der Waals surface area contributed by atoms with Crippen LogP contribution in [-0.2, 0) is 6.42 Å². The number of anilines is 3. The molecule has 0 aromatic heterocycles. The molecule has 3 heteroatoms. The second-order valence-electron chi connectivity index (χ2n) is 9.42. The van der Waals surface area contributed by atoms with Gasteiger partial charge in [-0.1, -0.05) is 42.5 Å². The van der Waals surface area contributed by atoms with Crippen LogP contribution in [0.1, 0.15) is 36.0 Å². The van der Waals surface area contributed by atoms with E-state index < -0.39 is 0 Å². The summed E-state index contributed by atoms with van der Waals surface area (Å²) < 4.78 is 0. The molecule has 3 nitrogen and oxygen atoms in total. The van der Waals surface area contributed by atoms with Crippen molar-refractivity contribution in [3.05, 3.63) is 95.6 Å². The normalized spacial score (nSPS) is 13.5. The van der Waals surface area contributed by atoms with Gasteiger partial charge in [0.1, 0.15) is 0 Å². The average molecular weight is 440 g/mol. The van der Waals surface area contributed by atoms with E-state index in [4.69, 9.17) is 0 Å². The molecule has 3 aromatic rings. The van der Waals surface area contributed by atoms with Gasteiger partial charge in [-0.2, -0.15) is 0 Å². The summed E-state index contributed by atoms with van der Waals surface area (Å²) in [5, 5.41) is 0. The fourth-order valence-corrected chi connectivity index (χ4v) is 4.50. The fourth-order valence-electron chi connectivity index (χ4n) is 4.50. The highest BCUT2D eigenvalue weighted by molar-refractivity contribution is 5.81. The summed E-state index contributed by atoms with van der Waals surface area (Å²) >= 11 is 0. The molecule has 0 saturated carbocycles. The minimum Gasteiger partial charge on any atom is -0.378 e. The average Bonchev–Trinajstić information content (AvgIpc) is 2.85. The molecule has 0 radical (unpaired) electrons. The molecule has 0 amide bonds. The molecule has 1 fully saturated rings. The van der Waals surface area contributed by atoms with Crippen LogP contribution < -0.4 is 14.7 Å². The van der Waals surface area contributed by atoms with Crippen LogP contribution in [-0.4, -0.2) is 41.3 Å². The van der Waals surface area contributed by atoms with E-state index in [1.807, 2.05) is 0 Å². The van der Waals surface area contributed by atoms with Gasteiger partial charge < -0.3 is 14.7 Å². The van der Waals surface area contributed by atoms with Gasteiger partial charge >= 0.3 is 0 Å². The van der Waals surface area contributed by atoms with Crippen LogP contribution in [0, 0.1) is 0 Å². The molecule has 0 unspecified atom stereocenters. The summed E-state index contributed by atoms with van der Waals surface area (Å²) in [4.78, 5) is 6.80. The lowest BCUT2D eigenvalue weighted by Crippen LogP contribution is -2.29. The Hall–Kier alpha value is -3.20. The highest BCUT2D eigenvalue weighted by atomic mass is 15.1. The SMILES string of the molecule is CN(C)c1ccc(C(=CCc2ccc(N3CCCCC3)cc2)c2ccc(N(C)C)cc2)cc1. The molecule has 33 heavy (non-hydrogen) atoms. The lowest BCUT2D eigenvalue weighted by atomic mass is 9.95. The third-order valence-corrected chi connectivity index (χ3v) is 6.59. The van der Waals surface area contributed by atoms with Crippen molar-refractivity contribution in [1.82, 2.24) is 0 Å². The van der Waals surface area contributed by atoms with Gasteiger partial charge in [-0.3, -0.25) is 0 Å². The molecule has 1 aliphatic rings. The monoisotopic (exact) mass is 439 g/mol. The number of benzene rings is 3. The summed E-state index contributed by atoms with van der Waals surface area (Å²) in [6.07, 6.45) is 7.29. The van der Waals surface area contributed by atoms with Gasteiger partial charge in [0.2, 0.25) is 0 Å². The number of piperidine rings is 1. The number of hydrogen-bond acceptors (Lipinski definition) is 3. The Morgan fingerprint density at radius 3 is 1.61 bits per heavy atom. The van der Waals surface area contributed by atoms with Crippen molar-refractivity contribution >= 4 is 22.6 Å². The van der Waals surface area contributed by atoms with Crippen LogP contribution in [0.15, 0.2) is 78.9 Å². The maximum atomic E-state index is 2.52. The van der Waals surface area contributed by atoms with E-state index in [1.54, 1.807) is 0 Å². The highest BCUT2D eigenvalue weighted by Crippen LogP contribution is 2.28. The Labute approximate surface area is 200 Å². The topological polar surface area (TPSA) is 9.72 Å². The molecule has 4 rings (SSSR count). The van der Waals surface area contributed by atoms with Gasteiger partial charge in [0.15, 0.2) is 0 Å². The molecule has 3 aromatic carbocycles. The number of nitrogens with zero attached hydrogens (tertiary/aromatic N) is 3. The van der Waals surface area contributed by atoms with Gasteiger partial charge in [-0.05, 0) is 84.3 Å². The zero-order valence-corrected chi connectivity index (χ0v) is 20.6. The second kappa shape index (κ2) is 10.6. The molecule has 0 atom stereocenters. The molecule has 0 N–H and O–H groups in total. The Bertz CT molecular complexity index is 986. The van der Waals surface area contributed by atoms with E-state index >= 15 is 0 Å². The van der Waals surface area contributed by atoms with Gasteiger partial charge in [0.25, 0.3) is 0 Å². The van der Waals surface area contributed by atoms with Gasteiger partial charge in [-0.25, -0.2) is 0 Å². The molecule has 1 heterocycles. The van der Waals surface area contributed by atoms with Crippen LogP contribution >= 0.6 is 0 Å². The first kappa shape index (κ1) is 23.0. The van der Waals surface area contributed by atoms with Gasteiger partial charge in [-0.15, -0.1) is 0 Å². The summed E-state index contributed by atoms with van der Waals surface area (Å²) in [5.74, 6) is 0. The lowest BCUT2D eigenvalue weighted by Gasteiger charge is -2.28. The Balaban J connectivity index is 1.59. The third kappa shape index (κ3) is 5.78. The fraction of sp³-hybridized carbons (Fsp3) is 0.333. The molecule has 172 valence electrons. The first-order chi connectivity index (χ1) is 16.0. The Kier molecular flexibility index (Phi) is 7.39. The zero-order valence-electron chi connectivity index (χ0n) is 20.6. The van der Waals surface area contributed by atoms with E-state index in [0.29, 0.717) is 0 Å². The minimum absolute atomic E-state index is 0.917. The van der Waals surface area contributed by atoms with E-state index in [1.165, 1.54) is 71.7 Å². The number of hydrogen-bond donors (Lipinski definition) is 0. The van der Waals surface area contributed by atoms with Crippen molar-refractivity contribution in [1.29, 1.82) is 0 Å². The summed E-state index contributed by atoms with van der Waals surface area (Å²) in [6, 6.07) is 26.9. The van der Waals surface area contributed by atoms with Crippen molar-refractivity contribution in [3.63, 3.8) is 0 Å². The first-order valence-electron chi connectivity index (χ1n) is 12.1. The molecular weight excluding hydrogens is 402 g/mol. The Morgan fingerprint density at radius 2 is 1.15 bits per heavy atom. The summed E-state index contributed by atoms with van der Waals surface area (Å²) in [7, 11) is 8.33. The predicted octanol–water partition coefficient (Wildman–Crippen LogP) is 6.48. The summed E-state index contributed by atoms with van der Waals surface area (Å²) in [6.45, 7) is 2.38. The molecule has 1 aliphatic heterocycles. The number of allylic oxidation sites excluding steroid dienone is 1. The van der Waals surface area contributed by atoms with Gasteiger partial charge in [0.05, 0.1) is 0 Å². The first-order valence-corrected chi connectivity index (χ1v) is 12.1. The third-order valence-electron chi connectivity index (χ3n) is 6.59. The standard InChI is InChI=1S/C30H37N3/c1-31(2)27-17-11-25(12-18-27)30(26-13-19-28(20-14-26)32(3)4)21-10-24-8-15-29(16-9-24)33-22-6-5-7-23-33/h8-9,11-21H,5-7,10,22-23H2,1-4H3. The van der Waals surface area contributed by atoms with Crippen molar-refractivity contribution in [2.24, 2.45) is 0 Å². The maximum Gasteiger partial charge on any atom is 0.0366 e. The number of rotatable bonds is 7. The van der Waals surface area contributed by atoms with Crippen LogP contribution in [0.2, 0.25) is 0 Å². The maximum absolute atomic E-state index is 2.52. The van der Waals surface area contributed by atoms with Crippen LogP contribution in [0.4, 0.5) is 17.1 Å².